The van der Waals surface area contributed by atoms with Crippen molar-refractivity contribution in [2.24, 2.45) is 5.73 Å². The first-order chi connectivity index (χ1) is 14.5. The second-order valence-corrected chi connectivity index (χ2v) is 8.70. The normalized spacial score (nSPS) is 21.0. The summed E-state index contributed by atoms with van der Waals surface area (Å²) in [6.45, 7) is 1.81. The second kappa shape index (κ2) is 6.99. The van der Waals surface area contributed by atoms with Crippen LogP contribution in [0.5, 0.6) is 0 Å². The molecule has 0 radical (unpaired) electrons. The van der Waals surface area contributed by atoms with Gasteiger partial charge in [0, 0.05) is 36.5 Å². The predicted molar refractivity (Wildman–Crippen MR) is 108 cm³/mol. The fraction of sp³-hybridized carbons (Fsp3) is 0.350. The average Bonchev–Trinajstić information content (AvgIpc) is 3.26. The molecule has 1 saturated heterocycles. The van der Waals surface area contributed by atoms with Gasteiger partial charge in [0.15, 0.2) is 0 Å². The molecule has 10 heteroatoms. The summed E-state index contributed by atoms with van der Waals surface area (Å²) in [5, 5.41) is 3.12. The number of aromatic nitrogens is 1. The zero-order valence-corrected chi connectivity index (χ0v) is 16.8. The summed E-state index contributed by atoms with van der Waals surface area (Å²) in [6, 6.07) is 4.21. The molecule has 1 fully saturated rings. The van der Waals surface area contributed by atoms with Crippen molar-refractivity contribution in [2.45, 2.75) is 38.4 Å². The molecule has 2 aromatic rings. The lowest BCUT2D eigenvalue weighted by atomic mass is 10.0. The topological polar surface area (TPSA) is 126 Å². The third-order valence-electron chi connectivity index (χ3n) is 5.74. The number of thiazole rings is 1. The number of nitrogens with two attached hydrogens (primary N) is 1. The summed E-state index contributed by atoms with van der Waals surface area (Å²) < 4.78 is 0. The van der Waals surface area contributed by atoms with Gasteiger partial charge < -0.3 is 10.6 Å². The van der Waals surface area contributed by atoms with Crippen molar-refractivity contribution >= 4 is 40.7 Å². The van der Waals surface area contributed by atoms with Gasteiger partial charge in [0.25, 0.3) is 11.8 Å². The molecular formula is C20H19N5O4S. The number of hydrogen-bond donors (Lipinski definition) is 2. The SMILES string of the molecule is NCc1nc2c(s1)CCN(c1ccc3c(c1)C(=O)N(C1CCC(=O)NC1=O)C3=O)C2. The molecule has 3 N–H and O–H groups in total. The number of hydrogen-bond acceptors (Lipinski definition) is 8. The number of nitrogens with zero attached hydrogens (tertiary/aromatic N) is 3. The molecule has 1 atom stereocenters. The van der Waals surface area contributed by atoms with Crippen LogP contribution in [0.15, 0.2) is 18.2 Å². The monoisotopic (exact) mass is 425 g/mol. The highest BCUT2D eigenvalue weighted by molar-refractivity contribution is 7.11. The van der Waals surface area contributed by atoms with Crippen molar-refractivity contribution in [3.05, 3.63) is 44.9 Å². The maximum Gasteiger partial charge on any atom is 0.262 e. The minimum Gasteiger partial charge on any atom is -0.365 e. The highest BCUT2D eigenvalue weighted by Crippen LogP contribution is 2.33. The standard InChI is InChI=1S/C20H19N5O4S/c21-8-17-22-13-9-24(6-5-15(13)30-17)10-1-2-11-12(7-10)20(29)25(19(11)28)14-3-4-16(26)23-18(14)27/h1-2,7,14H,3-6,8-9,21H2,(H,23,26,27). The zero-order valence-electron chi connectivity index (χ0n) is 16.0. The quantitative estimate of drug-likeness (QED) is 0.689. The molecule has 1 aromatic heterocycles. The maximum atomic E-state index is 13.0. The Balaban J connectivity index is 1.41. The largest absolute Gasteiger partial charge is 0.365 e. The number of anilines is 1. The molecule has 3 aliphatic rings. The van der Waals surface area contributed by atoms with E-state index >= 15 is 0 Å². The summed E-state index contributed by atoms with van der Waals surface area (Å²) in [6.07, 6.45) is 1.09. The first kappa shape index (κ1) is 18.9. The lowest BCUT2D eigenvalue weighted by molar-refractivity contribution is -0.136. The second-order valence-electron chi connectivity index (χ2n) is 7.53. The van der Waals surface area contributed by atoms with Gasteiger partial charge in [0.2, 0.25) is 11.8 Å². The van der Waals surface area contributed by atoms with Crippen molar-refractivity contribution in [1.29, 1.82) is 0 Å². The number of rotatable bonds is 3. The lowest BCUT2D eigenvalue weighted by Gasteiger charge is -2.28. The first-order valence-corrected chi connectivity index (χ1v) is 10.6. The van der Waals surface area contributed by atoms with Gasteiger partial charge in [0.05, 0.1) is 23.4 Å². The number of benzene rings is 1. The van der Waals surface area contributed by atoms with Crippen LogP contribution in [-0.2, 0) is 29.1 Å². The van der Waals surface area contributed by atoms with E-state index in [0.717, 1.165) is 34.3 Å². The van der Waals surface area contributed by atoms with Gasteiger partial charge >= 0.3 is 0 Å². The van der Waals surface area contributed by atoms with Gasteiger partial charge in [0.1, 0.15) is 11.0 Å². The summed E-state index contributed by atoms with van der Waals surface area (Å²) in [5.41, 5.74) is 8.10. The van der Waals surface area contributed by atoms with Crippen molar-refractivity contribution in [1.82, 2.24) is 15.2 Å². The molecule has 9 nitrogen and oxygen atoms in total. The first-order valence-electron chi connectivity index (χ1n) is 9.74. The summed E-state index contributed by atoms with van der Waals surface area (Å²) in [5.74, 6) is -1.99. The third-order valence-corrected chi connectivity index (χ3v) is 6.91. The van der Waals surface area contributed by atoms with Gasteiger partial charge in [-0.2, -0.15) is 0 Å². The van der Waals surface area contributed by atoms with Crippen LogP contribution < -0.4 is 16.0 Å². The molecule has 0 bridgehead atoms. The van der Waals surface area contributed by atoms with Gasteiger partial charge in [-0.3, -0.25) is 29.4 Å². The summed E-state index contributed by atoms with van der Waals surface area (Å²) in [7, 11) is 0. The molecule has 0 aliphatic carbocycles. The Hall–Kier alpha value is -3.11. The van der Waals surface area contributed by atoms with E-state index in [4.69, 9.17) is 5.73 Å². The molecule has 30 heavy (non-hydrogen) atoms. The average molecular weight is 425 g/mol. The van der Waals surface area contributed by atoms with Crippen LogP contribution in [0.1, 0.15) is 49.1 Å². The van der Waals surface area contributed by atoms with E-state index in [1.807, 2.05) is 6.07 Å². The number of amides is 4. The Morgan fingerprint density at radius 2 is 1.93 bits per heavy atom. The zero-order chi connectivity index (χ0) is 21.0. The van der Waals surface area contributed by atoms with E-state index in [-0.39, 0.29) is 29.9 Å². The number of carbonyl (C=O) groups excluding carboxylic acids is 4. The van der Waals surface area contributed by atoms with Crippen LogP contribution in [0.2, 0.25) is 0 Å². The van der Waals surface area contributed by atoms with Crippen LogP contribution in [-0.4, -0.2) is 46.1 Å². The van der Waals surface area contributed by atoms with Crippen LogP contribution >= 0.6 is 11.3 Å². The number of carbonyl (C=O) groups is 4. The molecule has 5 rings (SSSR count). The van der Waals surface area contributed by atoms with Crippen molar-refractivity contribution < 1.29 is 19.2 Å². The van der Waals surface area contributed by atoms with Crippen LogP contribution in [0.4, 0.5) is 5.69 Å². The number of nitrogens with one attached hydrogen (secondary N) is 1. The Bertz CT molecular complexity index is 1110. The fourth-order valence-corrected chi connectivity index (χ4v) is 5.16. The molecule has 154 valence electrons. The van der Waals surface area contributed by atoms with E-state index in [1.54, 1.807) is 23.5 Å². The molecule has 4 amide bonds. The lowest BCUT2D eigenvalue weighted by Crippen LogP contribution is -2.54. The highest BCUT2D eigenvalue weighted by Gasteiger charge is 2.44. The van der Waals surface area contributed by atoms with Crippen LogP contribution in [0, 0.1) is 0 Å². The highest BCUT2D eigenvalue weighted by atomic mass is 32.1. The summed E-state index contributed by atoms with van der Waals surface area (Å²) in [4.78, 5) is 58.4. The molecule has 4 heterocycles. The molecule has 1 aromatic carbocycles. The number of imide groups is 2. The van der Waals surface area contributed by atoms with Gasteiger partial charge in [-0.1, -0.05) is 0 Å². The third kappa shape index (κ3) is 2.91. The predicted octanol–water partition coefficient (Wildman–Crippen LogP) is 0.566. The van der Waals surface area contributed by atoms with Crippen molar-refractivity contribution in [2.75, 3.05) is 11.4 Å². The minimum atomic E-state index is -0.958. The number of piperidine rings is 1. The van der Waals surface area contributed by atoms with Gasteiger partial charge in [-0.25, -0.2) is 4.98 Å². The Morgan fingerprint density at radius 3 is 2.70 bits per heavy atom. The van der Waals surface area contributed by atoms with E-state index in [1.165, 1.54) is 4.88 Å². The summed E-state index contributed by atoms with van der Waals surface area (Å²) >= 11 is 1.64. The van der Waals surface area contributed by atoms with Gasteiger partial charge in [-0.05, 0) is 24.6 Å². The van der Waals surface area contributed by atoms with E-state index < -0.39 is 23.8 Å². The van der Waals surface area contributed by atoms with Crippen molar-refractivity contribution in [3.8, 4) is 0 Å². The van der Waals surface area contributed by atoms with E-state index in [2.05, 4.69) is 15.2 Å². The van der Waals surface area contributed by atoms with Crippen molar-refractivity contribution in [3.63, 3.8) is 0 Å². The molecule has 1 unspecified atom stereocenters. The molecule has 0 spiro atoms. The Labute approximate surface area is 175 Å². The molecule has 0 saturated carbocycles. The Morgan fingerprint density at radius 1 is 1.13 bits per heavy atom. The Kier molecular flexibility index (Phi) is 4.40. The van der Waals surface area contributed by atoms with Crippen LogP contribution in [0.3, 0.4) is 0 Å². The minimum absolute atomic E-state index is 0.101. The van der Waals surface area contributed by atoms with Crippen LogP contribution in [0.25, 0.3) is 0 Å². The molecular weight excluding hydrogens is 406 g/mol. The maximum absolute atomic E-state index is 13.0. The molecule has 3 aliphatic heterocycles. The van der Waals surface area contributed by atoms with E-state index in [0.29, 0.717) is 13.1 Å². The smallest absolute Gasteiger partial charge is 0.262 e. The number of fused-ring (bicyclic) bond motifs is 2. The fourth-order valence-electron chi connectivity index (χ4n) is 4.22. The van der Waals surface area contributed by atoms with E-state index in [9.17, 15) is 19.2 Å². The van der Waals surface area contributed by atoms with Gasteiger partial charge in [-0.15, -0.1) is 11.3 Å².